The van der Waals surface area contributed by atoms with Crippen LogP contribution >= 0.6 is 0 Å². The van der Waals surface area contributed by atoms with Crippen molar-refractivity contribution in [3.8, 4) is 0 Å². The second kappa shape index (κ2) is 5.54. The average Bonchev–Trinajstić information content (AvgIpc) is 2.78. The fraction of sp³-hybridized carbons (Fsp3) is 0.714. The van der Waals surface area contributed by atoms with Crippen molar-refractivity contribution in [2.24, 2.45) is 11.8 Å². The summed E-state index contributed by atoms with van der Waals surface area (Å²) in [4.78, 5) is 11.3. The molecule has 2 unspecified atom stereocenters. The molecule has 1 aromatic rings. The van der Waals surface area contributed by atoms with E-state index in [1.807, 2.05) is 6.07 Å². The Morgan fingerprint density at radius 1 is 1.45 bits per heavy atom. The molecule has 0 radical (unpaired) electrons. The van der Waals surface area contributed by atoms with Gasteiger partial charge in [-0.3, -0.25) is 0 Å². The number of nitrogens with one attached hydrogen (secondary N) is 1. The van der Waals surface area contributed by atoms with E-state index in [1.165, 1.54) is 0 Å². The number of nitrogens with two attached hydrogens (primary N) is 1. The SMILES string of the molecule is CC1CCN(c2cc(NN)nc(C(C)(C)C)n2)C1CO. The van der Waals surface area contributed by atoms with E-state index in [0.717, 1.165) is 24.6 Å². The number of aromatic nitrogens is 2. The van der Waals surface area contributed by atoms with Crippen LogP contribution in [-0.4, -0.2) is 34.3 Å². The van der Waals surface area contributed by atoms with Gasteiger partial charge >= 0.3 is 0 Å². The highest BCUT2D eigenvalue weighted by atomic mass is 16.3. The molecule has 1 aliphatic heterocycles. The first-order chi connectivity index (χ1) is 9.36. The number of aliphatic hydroxyl groups is 1. The van der Waals surface area contributed by atoms with Crippen molar-refractivity contribution < 1.29 is 5.11 Å². The van der Waals surface area contributed by atoms with Gasteiger partial charge in [0.1, 0.15) is 17.5 Å². The Balaban J connectivity index is 2.41. The van der Waals surface area contributed by atoms with Crippen molar-refractivity contribution in [2.45, 2.75) is 45.6 Å². The lowest BCUT2D eigenvalue weighted by molar-refractivity contribution is 0.244. The van der Waals surface area contributed by atoms with Crippen molar-refractivity contribution in [1.82, 2.24) is 9.97 Å². The average molecular weight is 279 g/mol. The zero-order valence-electron chi connectivity index (χ0n) is 12.7. The molecular weight excluding hydrogens is 254 g/mol. The third-order valence-electron chi connectivity index (χ3n) is 3.90. The van der Waals surface area contributed by atoms with Gasteiger partial charge in [0.2, 0.25) is 0 Å². The smallest absolute Gasteiger partial charge is 0.145 e. The molecule has 0 aliphatic carbocycles. The van der Waals surface area contributed by atoms with Crippen molar-refractivity contribution in [3.05, 3.63) is 11.9 Å². The van der Waals surface area contributed by atoms with Crippen LogP contribution in [0.3, 0.4) is 0 Å². The van der Waals surface area contributed by atoms with E-state index >= 15 is 0 Å². The second-order valence-corrected chi connectivity index (χ2v) is 6.54. The molecule has 20 heavy (non-hydrogen) atoms. The topological polar surface area (TPSA) is 87.3 Å². The van der Waals surface area contributed by atoms with E-state index < -0.39 is 0 Å². The largest absolute Gasteiger partial charge is 0.394 e. The maximum Gasteiger partial charge on any atom is 0.145 e. The van der Waals surface area contributed by atoms with Gasteiger partial charge in [-0.05, 0) is 12.3 Å². The minimum atomic E-state index is -0.151. The van der Waals surface area contributed by atoms with Gasteiger partial charge in [0.05, 0.1) is 12.6 Å². The summed E-state index contributed by atoms with van der Waals surface area (Å²) in [5, 5.41) is 9.60. The van der Waals surface area contributed by atoms with Gasteiger partial charge in [0.25, 0.3) is 0 Å². The number of nitrogens with zero attached hydrogens (tertiary/aromatic N) is 3. The molecule has 1 saturated heterocycles. The summed E-state index contributed by atoms with van der Waals surface area (Å²) in [7, 11) is 0. The third-order valence-corrected chi connectivity index (χ3v) is 3.90. The molecule has 0 spiro atoms. The minimum Gasteiger partial charge on any atom is -0.394 e. The normalized spacial score (nSPS) is 23.2. The molecule has 6 heteroatoms. The summed E-state index contributed by atoms with van der Waals surface area (Å²) in [6.07, 6.45) is 1.06. The van der Waals surface area contributed by atoms with Gasteiger partial charge in [0, 0.05) is 18.0 Å². The third kappa shape index (κ3) is 2.86. The summed E-state index contributed by atoms with van der Waals surface area (Å²) in [5.41, 5.74) is 2.46. The highest BCUT2D eigenvalue weighted by Gasteiger charge is 2.32. The van der Waals surface area contributed by atoms with Crippen LogP contribution in [0.2, 0.25) is 0 Å². The van der Waals surface area contributed by atoms with E-state index in [4.69, 9.17) is 5.84 Å². The standard InChI is InChI=1S/C14H25N5O/c1-9-5-6-19(10(9)8-20)12-7-11(18-15)16-13(17-12)14(2,3)4/h7,9-10,20H,5-6,8,15H2,1-4H3,(H,16,17,18). The maximum atomic E-state index is 9.60. The predicted octanol–water partition coefficient (Wildman–Crippen LogP) is 1.27. The Kier molecular flexibility index (Phi) is 4.15. The fourth-order valence-corrected chi connectivity index (χ4v) is 2.56. The molecule has 0 aromatic carbocycles. The summed E-state index contributed by atoms with van der Waals surface area (Å²) < 4.78 is 0. The molecule has 1 fully saturated rings. The monoisotopic (exact) mass is 279 g/mol. The fourth-order valence-electron chi connectivity index (χ4n) is 2.56. The first-order valence-electron chi connectivity index (χ1n) is 7.10. The lowest BCUT2D eigenvalue weighted by atomic mass is 9.95. The Bertz CT molecular complexity index is 471. The molecule has 4 N–H and O–H groups in total. The number of rotatable bonds is 3. The molecule has 2 rings (SSSR count). The number of hydrogen-bond acceptors (Lipinski definition) is 6. The molecule has 1 aliphatic rings. The number of hydrazine groups is 1. The molecule has 2 atom stereocenters. The van der Waals surface area contributed by atoms with Crippen LogP contribution in [0.4, 0.5) is 11.6 Å². The second-order valence-electron chi connectivity index (χ2n) is 6.54. The molecule has 2 heterocycles. The van der Waals surface area contributed by atoms with Crippen molar-refractivity contribution in [1.29, 1.82) is 0 Å². The van der Waals surface area contributed by atoms with Gasteiger partial charge in [-0.2, -0.15) is 0 Å². The minimum absolute atomic E-state index is 0.114. The van der Waals surface area contributed by atoms with E-state index in [2.05, 4.69) is 48.0 Å². The van der Waals surface area contributed by atoms with Gasteiger partial charge in [-0.1, -0.05) is 27.7 Å². The number of anilines is 2. The number of aliphatic hydroxyl groups excluding tert-OH is 1. The molecule has 0 bridgehead atoms. The molecule has 1 aromatic heterocycles. The summed E-state index contributed by atoms with van der Waals surface area (Å²) >= 11 is 0. The summed E-state index contributed by atoms with van der Waals surface area (Å²) in [6.45, 7) is 9.42. The van der Waals surface area contributed by atoms with Gasteiger partial charge in [-0.25, -0.2) is 15.8 Å². The quantitative estimate of drug-likeness (QED) is 0.570. The van der Waals surface area contributed by atoms with Crippen molar-refractivity contribution in [2.75, 3.05) is 23.5 Å². The number of hydrogen-bond donors (Lipinski definition) is 3. The summed E-state index contributed by atoms with van der Waals surface area (Å²) in [6, 6.07) is 1.96. The Hall–Kier alpha value is -1.40. The predicted molar refractivity (Wildman–Crippen MR) is 80.5 cm³/mol. The van der Waals surface area contributed by atoms with Crippen LogP contribution in [0.1, 0.15) is 39.9 Å². The Morgan fingerprint density at radius 3 is 2.70 bits per heavy atom. The molecule has 112 valence electrons. The lowest BCUT2D eigenvalue weighted by Crippen LogP contribution is -2.36. The van der Waals surface area contributed by atoms with Gasteiger partial charge < -0.3 is 15.4 Å². The zero-order chi connectivity index (χ0) is 14.9. The summed E-state index contributed by atoms with van der Waals surface area (Å²) in [5.74, 6) is 8.17. The highest BCUT2D eigenvalue weighted by molar-refractivity contribution is 5.51. The van der Waals surface area contributed by atoms with Crippen molar-refractivity contribution in [3.63, 3.8) is 0 Å². The van der Waals surface area contributed by atoms with Crippen LogP contribution in [0, 0.1) is 5.92 Å². The number of nitrogen functional groups attached to an aromatic ring is 1. The first-order valence-corrected chi connectivity index (χ1v) is 7.10. The Labute approximate surface area is 120 Å². The molecule has 0 amide bonds. The van der Waals surface area contributed by atoms with Gasteiger partial charge in [-0.15, -0.1) is 0 Å². The maximum absolute atomic E-state index is 9.60. The van der Waals surface area contributed by atoms with Crippen LogP contribution < -0.4 is 16.2 Å². The van der Waals surface area contributed by atoms with Crippen LogP contribution in [0.25, 0.3) is 0 Å². The van der Waals surface area contributed by atoms with Crippen LogP contribution in [-0.2, 0) is 5.41 Å². The molecule has 0 saturated carbocycles. The zero-order valence-corrected chi connectivity index (χ0v) is 12.7. The van der Waals surface area contributed by atoms with E-state index in [1.54, 1.807) is 0 Å². The van der Waals surface area contributed by atoms with E-state index in [-0.39, 0.29) is 18.1 Å². The highest BCUT2D eigenvalue weighted by Crippen LogP contribution is 2.31. The van der Waals surface area contributed by atoms with E-state index in [9.17, 15) is 5.11 Å². The molecule has 6 nitrogen and oxygen atoms in total. The van der Waals surface area contributed by atoms with Crippen LogP contribution in [0.5, 0.6) is 0 Å². The van der Waals surface area contributed by atoms with Crippen LogP contribution in [0.15, 0.2) is 6.07 Å². The van der Waals surface area contributed by atoms with Crippen molar-refractivity contribution >= 4 is 11.6 Å². The lowest BCUT2D eigenvalue weighted by Gasteiger charge is -2.28. The van der Waals surface area contributed by atoms with E-state index in [0.29, 0.717) is 11.7 Å². The molecular formula is C14H25N5O. The Morgan fingerprint density at radius 2 is 2.15 bits per heavy atom. The van der Waals surface area contributed by atoms with Gasteiger partial charge in [0.15, 0.2) is 0 Å². The first kappa shape index (κ1) is 15.0.